The van der Waals surface area contributed by atoms with Crippen molar-refractivity contribution in [1.29, 1.82) is 0 Å². The Labute approximate surface area is 186 Å². The van der Waals surface area contributed by atoms with Gasteiger partial charge in [-0.1, -0.05) is 18.2 Å². The quantitative estimate of drug-likeness (QED) is 0.361. The van der Waals surface area contributed by atoms with Crippen molar-refractivity contribution < 1.29 is 9.53 Å². The first-order valence-corrected chi connectivity index (χ1v) is 10.1. The van der Waals surface area contributed by atoms with E-state index in [9.17, 15) is 4.79 Å². The second-order valence-corrected chi connectivity index (χ2v) is 7.11. The van der Waals surface area contributed by atoms with Crippen molar-refractivity contribution in [2.75, 3.05) is 23.1 Å². The van der Waals surface area contributed by atoms with E-state index in [0.717, 1.165) is 33.9 Å². The summed E-state index contributed by atoms with van der Waals surface area (Å²) in [6, 6.07) is 22.5. The van der Waals surface area contributed by atoms with Gasteiger partial charge in [-0.3, -0.25) is 5.32 Å². The zero-order valence-corrected chi connectivity index (χ0v) is 17.8. The number of amides is 2. The van der Waals surface area contributed by atoms with Crippen LogP contribution in [0.2, 0.25) is 0 Å². The molecule has 0 aliphatic heterocycles. The number of hydrogen-bond acceptors (Lipinski definition) is 5. The van der Waals surface area contributed by atoms with Gasteiger partial charge in [-0.05, 0) is 78.2 Å². The number of carbonyl (C=O) groups excluding carboxylic acids is 1. The number of anilines is 4. The van der Waals surface area contributed by atoms with Crippen molar-refractivity contribution in [1.82, 2.24) is 9.97 Å². The molecule has 3 N–H and O–H groups in total. The Morgan fingerprint density at radius 3 is 2.19 bits per heavy atom. The van der Waals surface area contributed by atoms with Gasteiger partial charge >= 0.3 is 6.03 Å². The number of nitrogens with one attached hydrogen (secondary N) is 3. The summed E-state index contributed by atoms with van der Waals surface area (Å²) in [5, 5.41) is 8.91. The normalized spacial score (nSPS) is 10.3. The van der Waals surface area contributed by atoms with E-state index in [1.54, 1.807) is 31.6 Å². The maximum Gasteiger partial charge on any atom is 0.324 e. The van der Waals surface area contributed by atoms with E-state index < -0.39 is 0 Å². The van der Waals surface area contributed by atoms with Crippen LogP contribution in [-0.4, -0.2) is 23.1 Å². The van der Waals surface area contributed by atoms with E-state index in [0.29, 0.717) is 11.5 Å². The minimum Gasteiger partial charge on any atom is -0.497 e. The molecule has 160 valence electrons. The SMILES string of the molecule is COc1ccc(NC(=O)Nc2cc(-c3ccnc(Nc4ccccc4)c3)ccn2)c(C)c1. The minimum absolute atomic E-state index is 0.371. The fourth-order valence-electron chi connectivity index (χ4n) is 3.20. The van der Waals surface area contributed by atoms with Gasteiger partial charge in [0.1, 0.15) is 17.4 Å². The lowest BCUT2D eigenvalue weighted by atomic mass is 10.1. The van der Waals surface area contributed by atoms with Crippen LogP contribution in [0.1, 0.15) is 5.56 Å². The van der Waals surface area contributed by atoms with Crippen molar-refractivity contribution in [3.63, 3.8) is 0 Å². The van der Waals surface area contributed by atoms with Gasteiger partial charge in [0.05, 0.1) is 7.11 Å². The van der Waals surface area contributed by atoms with Crippen LogP contribution >= 0.6 is 0 Å². The molecule has 2 aromatic heterocycles. The van der Waals surface area contributed by atoms with Crippen LogP contribution in [0, 0.1) is 6.92 Å². The van der Waals surface area contributed by atoms with E-state index in [-0.39, 0.29) is 6.03 Å². The predicted octanol–water partition coefficient (Wildman–Crippen LogP) is 5.85. The number of urea groups is 1. The van der Waals surface area contributed by atoms with Crippen LogP contribution < -0.4 is 20.7 Å². The molecule has 0 saturated heterocycles. The molecule has 0 atom stereocenters. The Morgan fingerprint density at radius 2 is 1.50 bits per heavy atom. The summed E-state index contributed by atoms with van der Waals surface area (Å²) in [4.78, 5) is 21.1. The highest BCUT2D eigenvalue weighted by atomic mass is 16.5. The van der Waals surface area contributed by atoms with Gasteiger partial charge in [0.2, 0.25) is 0 Å². The highest BCUT2D eigenvalue weighted by Crippen LogP contribution is 2.25. The average molecular weight is 425 g/mol. The Hall–Kier alpha value is -4.39. The summed E-state index contributed by atoms with van der Waals surface area (Å²) in [6.07, 6.45) is 3.40. The standard InChI is InChI=1S/C25H23N5O2/c1-17-14-21(32-2)8-9-22(17)29-25(31)30-24-16-19(11-13-27-24)18-10-12-26-23(15-18)28-20-6-4-3-5-7-20/h3-16H,1-2H3,(H,26,28)(H2,27,29,30,31). The largest absolute Gasteiger partial charge is 0.497 e. The van der Waals surface area contributed by atoms with Crippen LogP contribution in [0.15, 0.2) is 85.2 Å². The van der Waals surface area contributed by atoms with E-state index in [2.05, 4.69) is 25.9 Å². The number of ether oxygens (including phenoxy) is 1. The molecule has 0 aliphatic carbocycles. The van der Waals surface area contributed by atoms with Crippen molar-refractivity contribution in [3.8, 4) is 16.9 Å². The minimum atomic E-state index is -0.371. The van der Waals surface area contributed by atoms with Crippen LogP contribution in [0.5, 0.6) is 5.75 Å². The van der Waals surface area contributed by atoms with Gasteiger partial charge in [0.15, 0.2) is 0 Å². The van der Waals surface area contributed by atoms with Gasteiger partial charge in [0.25, 0.3) is 0 Å². The molecule has 2 heterocycles. The number of aromatic nitrogens is 2. The molecule has 7 nitrogen and oxygen atoms in total. The molecule has 4 rings (SSSR count). The second kappa shape index (κ2) is 9.61. The number of para-hydroxylation sites is 1. The van der Waals surface area contributed by atoms with Crippen molar-refractivity contribution >= 4 is 29.0 Å². The topological polar surface area (TPSA) is 88.2 Å². The Balaban J connectivity index is 1.47. The molecule has 2 aromatic carbocycles. The Morgan fingerprint density at radius 1 is 0.812 bits per heavy atom. The molecule has 32 heavy (non-hydrogen) atoms. The van der Waals surface area contributed by atoms with Crippen LogP contribution in [0.4, 0.5) is 27.8 Å². The molecule has 0 radical (unpaired) electrons. The van der Waals surface area contributed by atoms with E-state index >= 15 is 0 Å². The molecule has 0 fully saturated rings. The summed E-state index contributed by atoms with van der Waals surface area (Å²) in [5.41, 5.74) is 4.42. The number of aryl methyl sites for hydroxylation is 1. The molecule has 4 aromatic rings. The number of hydrogen-bond donors (Lipinski definition) is 3. The number of nitrogens with zero attached hydrogens (tertiary/aromatic N) is 2. The molecular weight excluding hydrogens is 402 g/mol. The highest BCUT2D eigenvalue weighted by Gasteiger charge is 2.08. The first-order valence-electron chi connectivity index (χ1n) is 10.1. The van der Waals surface area contributed by atoms with Crippen LogP contribution in [0.3, 0.4) is 0 Å². The van der Waals surface area contributed by atoms with Gasteiger partial charge in [-0.2, -0.15) is 0 Å². The third-order valence-corrected chi connectivity index (χ3v) is 4.82. The molecule has 2 amide bonds. The van der Waals surface area contributed by atoms with Crippen molar-refractivity contribution in [2.24, 2.45) is 0 Å². The Bertz CT molecular complexity index is 1230. The van der Waals surface area contributed by atoms with Crippen molar-refractivity contribution in [2.45, 2.75) is 6.92 Å². The molecule has 0 unspecified atom stereocenters. The zero-order chi connectivity index (χ0) is 22.3. The lowest BCUT2D eigenvalue weighted by Gasteiger charge is -2.12. The summed E-state index contributed by atoms with van der Waals surface area (Å²) in [5.74, 6) is 1.91. The van der Waals surface area contributed by atoms with Gasteiger partial charge < -0.3 is 15.4 Å². The molecule has 7 heteroatoms. The maximum atomic E-state index is 12.5. The Kier molecular flexibility index (Phi) is 6.27. The van der Waals surface area contributed by atoms with Crippen molar-refractivity contribution in [3.05, 3.63) is 90.8 Å². The molecule has 0 saturated carbocycles. The summed E-state index contributed by atoms with van der Waals surface area (Å²) in [7, 11) is 1.61. The van der Waals surface area contributed by atoms with Gasteiger partial charge in [-0.25, -0.2) is 14.8 Å². The molecular formula is C25H23N5O2. The fraction of sp³-hybridized carbons (Fsp3) is 0.0800. The predicted molar refractivity (Wildman–Crippen MR) is 128 cm³/mol. The van der Waals surface area contributed by atoms with E-state index in [1.807, 2.05) is 67.6 Å². The third kappa shape index (κ3) is 5.20. The maximum absolute atomic E-state index is 12.5. The monoisotopic (exact) mass is 425 g/mol. The van der Waals surface area contributed by atoms with Gasteiger partial charge in [-0.15, -0.1) is 0 Å². The van der Waals surface area contributed by atoms with Crippen LogP contribution in [-0.2, 0) is 0 Å². The lowest BCUT2D eigenvalue weighted by Crippen LogP contribution is -2.20. The summed E-state index contributed by atoms with van der Waals surface area (Å²) >= 11 is 0. The number of methoxy groups -OCH3 is 1. The average Bonchev–Trinajstić information content (AvgIpc) is 2.81. The number of rotatable bonds is 6. The molecule has 0 aliphatic rings. The second-order valence-electron chi connectivity index (χ2n) is 7.11. The van der Waals surface area contributed by atoms with E-state index in [4.69, 9.17) is 4.74 Å². The lowest BCUT2D eigenvalue weighted by molar-refractivity contribution is 0.262. The molecule has 0 bridgehead atoms. The highest BCUT2D eigenvalue weighted by molar-refractivity contribution is 6.00. The van der Waals surface area contributed by atoms with Gasteiger partial charge in [0, 0.05) is 23.8 Å². The number of carbonyl (C=O) groups is 1. The fourth-order valence-corrected chi connectivity index (χ4v) is 3.20. The smallest absolute Gasteiger partial charge is 0.324 e. The summed E-state index contributed by atoms with van der Waals surface area (Å²) < 4.78 is 5.20. The first-order chi connectivity index (χ1) is 15.6. The summed E-state index contributed by atoms with van der Waals surface area (Å²) in [6.45, 7) is 1.90. The first kappa shape index (κ1) is 20.9. The third-order valence-electron chi connectivity index (χ3n) is 4.82. The number of pyridine rings is 2. The zero-order valence-electron chi connectivity index (χ0n) is 17.8. The number of benzene rings is 2. The van der Waals surface area contributed by atoms with Crippen LogP contribution in [0.25, 0.3) is 11.1 Å². The van der Waals surface area contributed by atoms with E-state index in [1.165, 1.54) is 0 Å². The molecule has 0 spiro atoms.